The Morgan fingerprint density at radius 3 is 2.51 bits per heavy atom. The van der Waals surface area contributed by atoms with Gasteiger partial charge in [0.1, 0.15) is 17.2 Å². The van der Waals surface area contributed by atoms with Crippen LogP contribution in [0.5, 0.6) is 0 Å². The lowest BCUT2D eigenvalue weighted by Crippen LogP contribution is -2.09. The van der Waals surface area contributed by atoms with Gasteiger partial charge < -0.3 is 9.88 Å². The monoisotopic (exact) mass is 468 g/mol. The summed E-state index contributed by atoms with van der Waals surface area (Å²) in [7, 11) is 3.77. The molecule has 1 aromatic carbocycles. The Morgan fingerprint density at radius 1 is 0.886 bits per heavy atom. The Bertz CT molecular complexity index is 1700. The van der Waals surface area contributed by atoms with Crippen molar-refractivity contribution in [2.24, 2.45) is 0 Å². The van der Waals surface area contributed by atoms with Gasteiger partial charge in [0.2, 0.25) is 0 Å². The minimum absolute atomic E-state index is 0.164. The highest BCUT2D eigenvalue weighted by Crippen LogP contribution is 2.34. The third-order valence-electron chi connectivity index (χ3n) is 5.83. The molecule has 172 valence electrons. The van der Waals surface area contributed by atoms with Crippen LogP contribution >= 0.6 is 0 Å². The van der Waals surface area contributed by atoms with Crippen molar-refractivity contribution in [2.75, 3.05) is 19.0 Å². The first kappa shape index (κ1) is 20.8. The molecule has 0 atom stereocenters. The maximum atomic E-state index is 15.8. The summed E-state index contributed by atoms with van der Waals surface area (Å²) in [5.41, 5.74) is 4.96. The van der Waals surface area contributed by atoms with E-state index in [0.717, 1.165) is 16.8 Å². The van der Waals surface area contributed by atoms with Gasteiger partial charge in [-0.1, -0.05) is 12.1 Å². The van der Waals surface area contributed by atoms with Crippen molar-refractivity contribution in [1.29, 1.82) is 0 Å². The van der Waals surface area contributed by atoms with Gasteiger partial charge in [-0.05, 0) is 29.8 Å². The number of nitrogens with zero attached hydrogens (tertiary/aromatic N) is 6. The fourth-order valence-corrected chi connectivity index (χ4v) is 4.04. The number of hydrogen-bond donors (Lipinski definition) is 2. The molecule has 5 heterocycles. The molecule has 0 aliphatic carbocycles. The number of aromatic nitrogens is 7. The minimum atomic E-state index is -0.531. The summed E-state index contributed by atoms with van der Waals surface area (Å²) in [4.78, 5) is 22.5. The molecule has 0 saturated carbocycles. The second-order valence-electron chi connectivity index (χ2n) is 8.26. The van der Waals surface area contributed by atoms with Crippen LogP contribution in [0.1, 0.15) is 0 Å². The molecule has 8 nitrogen and oxygen atoms in total. The Morgan fingerprint density at radius 2 is 1.71 bits per heavy atom. The summed E-state index contributed by atoms with van der Waals surface area (Å²) < 4.78 is 29.3. The van der Waals surface area contributed by atoms with E-state index in [-0.39, 0.29) is 16.9 Å². The molecule has 0 bridgehead atoms. The molecule has 6 rings (SSSR count). The second-order valence-corrected chi connectivity index (χ2v) is 8.26. The van der Waals surface area contributed by atoms with Crippen LogP contribution in [0, 0.1) is 11.6 Å². The molecule has 0 spiro atoms. The second kappa shape index (κ2) is 7.94. The maximum Gasteiger partial charge on any atom is 0.178 e. The molecule has 0 saturated heterocycles. The zero-order chi connectivity index (χ0) is 24.1. The fraction of sp³-hybridized carbons (Fsp3) is 0.0800. The quantitative estimate of drug-likeness (QED) is 0.379. The largest absolute Gasteiger partial charge is 0.376 e. The van der Waals surface area contributed by atoms with Gasteiger partial charge in [0.05, 0.1) is 34.5 Å². The number of benzene rings is 1. The van der Waals surface area contributed by atoms with E-state index in [0.29, 0.717) is 33.8 Å². The van der Waals surface area contributed by atoms with Gasteiger partial charge in [0.15, 0.2) is 17.3 Å². The third-order valence-corrected chi connectivity index (χ3v) is 5.83. The zero-order valence-electron chi connectivity index (χ0n) is 18.7. The number of halogens is 2. The molecule has 0 unspecified atom stereocenters. The Hall–Kier alpha value is -4.73. The Balaban J connectivity index is 1.51. The number of rotatable bonds is 4. The van der Waals surface area contributed by atoms with E-state index in [1.54, 1.807) is 30.7 Å². The van der Waals surface area contributed by atoms with E-state index < -0.39 is 5.82 Å². The van der Waals surface area contributed by atoms with Gasteiger partial charge in [0, 0.05) is 37.6 Å². The Labute approximate surface area is 197 Å². The van der Waals surface area contributed by atoms with Crippen molar-refractivity contribution < 1.29 is 8.78 Å². The summed E-state index contributed by atoms with van der Waals surface area (Å²) in [5.74, 6) is -0.501. The first-order valence-electron chi connectivity index (χ1n) is 10.8. The van der Waals surface area contributed by atoms with Crippen LogP contribution in [0.4, 0.5) is 14.5 Å². The molecule has 0 aliphatic heterocycles. The summed E-state index contributed by atoms with van der Waals surface area (Å²) in [6.45, 7) is 0. The highest BCUT2D eigenvalue weighted by Gasteiger charge is 2.21. The first-order valence-corrected chi connectivity index (χ1v) is 10.8. The van der Waals surface area contributed by atoms with Crippen LogP contribution in [0.15, 0.2) is 61.2 Å². The van der Waals surface area contributed by atoms with Crippen molar-refractivity contribution in [3.63, 3.8) is 0 Å². The zero-order valence-corrected chi connectivity index (χ0v) is 18.7. The molecule has 0 aliphatic rings. The topological polar surface area (TPSA) is 99.3 Å². The maximum absolute atomic E-state index is 15.8. The van der Waals surface area contributed by atoms with Crippen LogP contribution in [0.25, 0.3) is 56.0 Å². The molecular formula is C25H18F2N8. The standard InChI is InChI=1S/C25H18F2N8/c1-35(2)16-9-14(10-28-11-16)21-20(27)19-18(12-30-21)33-34-23(19)25-31-22-17(7-8-29-24(22)32-25)13-3-5-15(26)6-4-13/h3-12H,1-2H3,(H,33,34)(H,29,31,32). The lowest BCUT2D eigenvalue weighted by Gasteiger charge is -2.13. The summed E-state index contributed by atoms with van der Waals surface area (Å²) in [6, 6.07) is 9.79. The van der Waals surface area contributed by atoms with Crippen LogP contribution in [-0.2, 0) is 0 Å². The van der Waals surface area contributed by atoms with Crippen molar-refractivity contribution in [2.45, 2.75) is 0 Å². The van der Waals surface area contributed by atoms with Gasteiger partial charge >= 0.3 is 0 Å². The molecule has 2 N–H and O–H groups in total. The Kier molecular flexibility index (Phi) is 4.73. The molecule has 10 heteroatoms. The minimum Gasteiger partial charge on any atom is -0.376 e. The third kappa shape index (κ3) is 3.46. The highest BCUT2D eigenvalue weighted by molar-refractivity contribution is 5.97. The summed E-state index contributed by atoms with van der Waals surface area (Å²) in [5, 5.41) is 7.41. The smallest absolute Gasteiger partial charge is 0.178 e. The van der Waals surface area contributed by atoms with Crippen LogP contribution in [-0.4, -0.2) is 49.2 Å². The van der Waals surface area contributed by atoms with E-state index in [4.69, 9.17) is 0 Å². The fourth-order valence-electron chi connectivity index (χ4n) is 4.04. The molecule has 5 aromatic heterocycles. The highest BCUT2D eigenvalue weighted by atomic mass is 19.1. The molecule has 35 heavy (non-hydrogen) atoms. The average molecular weight is 468 g/mol. The van der Waals surface area contributed by atoms with Crippen LogP contribution < -0.4 is 4.90 Å². The number of anilines is 1. The lowest BCUT2D eigenvalue weighted by atomic mass is 10.1. The van der Waals surface area contributed by atoms with E-state index in [2.05, 4.69) is 35.1 Å². The number of fused-ring (bicyclic) bond motifs is 2. The molecule has 0 fully saturated rings. The average Bonchev–Trinajstić information content (AvgIpc) is 3.49. The number of H-pyrrole nitrogens is 2. The van der Waals surface area contributed by atoms with E-state index in [1.807, 2.05) is 31.1 Å². The van der Waals surface area contributed by atoms with Crippen LogP contribution in [0.2, 0.25) is 0 Å². The summed E-state index contributed by atoms with van der Waals surface area (Å²) in [6.07, 6.45) is 6.44. The normalized spacial score (nSPS) is 11.4. The van der Waals surface area contributed by atoms with Crippen molar-refractivity contribution >= 4 is 27.8 Å². The number of nitrogens with one attached hydrogen (secondary N) is 2. The van der Waals surface area contributed by atoms with Gasteiger partial charge in [-0.15, -0.1) is 0 Å². The number of imidazole rings is 1. The van der Waals surface area contributed by atoms with Gasteiger partial charge in [0.25, 0.3) is 0 Å². The predicted molar refractivity (Wildman–Crippen MR) is 130 cm³/mol. The summed E-state index contributed by atoms with van der Waals surface area (Å²) >= 11 is 0. The van der Waals surface area contributed by atoms with Crippen molar-refractivity contribution in [3.8, 4) is 33.9 Å². The first-order chi connectivity index (χ1) is 17.0. The van der Waals surface area contributed by atoms with Crippen molar-refractivity contribution in [1.82, 2.24) is 35.1 Å². The van der Waals surface area contributed by atoms with Gasteiger partial charge in [-0.25, -0.2) is 18.7 Å². The van der Waals surface area contributed by atoms with E-state index >= 15 is 4.39 Å². The van der Waals surface area contributed by atoms with Crippen molar-refractivity contribution in [3.05, 3.63) is 72.8 Å². The van der Waals surface area contributed by atoms with Gasteiger partial charge in [-0.3, -0.25) is 15.1 Å². The SMILES string of the molecule is CN(C)c1cncc(-c2ncc3[nH]nc(-c4nc5nccc(-c6ccc(F)cc6)c5[nH]4)c3c2F)c1. The van der Waals surface area contributed by atoms with E-state index in [1.165, 1.54) is 18.3 Å². The lowest BCUT2D eigenvalue weighted by molar-refractivity contribution is 0.628. The molecule has 6 aromatic rings. The molecule has 0 radical (unpaired) electrons. The number of pyridine rings is 3. The molecule has 0 amide bonds. The van der Waals surface area contributed by atoms with Gasteiger partial charge in [-0.2, -0.15) is 5.10 Å². The van der Waals surface area contributed by atoms with E-state index in [9.17, 15) is 4.39 Å². The molecular weight excluding hydrogens is 450 g/mol. The number of aromatic amines is 2. The van der Waals surface area contributed by atoms with Crippen LogP contribution in [0.3, 0.4) is 0 Å². The number of hydrogen-bond acceptors (Lipinski definition) is 6. The predicted octanol–water partition coefficient (Wildman–Crippen LogP) is 4.97.